The number of rotatable bonds is 6. The third-order valence-electron chi connectivity index (χ3n) is 4.00. The van der Waals surface area contributed by atoms with Gasteiger partial charge in [0.2, 0.25) is 5.95 Å². The Labute approximate surface area is 144 Å². The molecule has 25 heavy (non-hydrogen) atoms. The summed E-state index contributed by atoms with van der Waals surface area (Å²) in [5, 5.41) is 4.37. The lowest BCUT2D eigenvalue weighted by Gasteiger charge is -2.22. The summed E-state index contributed by atoms with van der Waals surface area (Å²) in [7, 11) is 1.61. The second-order valence-electron chi connectivity index (χ2n) is 5.90. The van der Waals surface area contributed by atoms with Gasteiger partial charge < -0.3 is 4.90 Å². The van der Waals surface area contributed by atoms with Gasteiger partial charge in [0.15, 0.2) is 5.52 Å². The molecule has 3 rings (SSSR count). The predicted molar refractivity (Wildman–Crippen MR) is 95.3 cm³/mol. The van der Waals surface area contributed by atoms with Crippen LogP contribution in [0.3, 0.4) is 0 Å². The lowest BCUT2D eigenvalue weighted by Crippen LogP contribution is -2.32. The largest absolute Gasteiger partial charge is 0.340 e. The monoisotopic (exact) mass is 344 g/mol. The van der Waals surface area contributed by atoms with Gasteiger partial charge in [0.25, 0.3) is 0 Å². The molecule has 0 aromatic carbocycles. The van der Waals surface area contributed by atoms with Gasteiger partial charge in [-0.3, -0.25) is 14.5 Å². The minimum atomic E-state index is -0.748. The van der Waals surface area contributed by atoms with E-state index < -0.39 is 5.56 Å². The molecule has 0 aliphatic heterocycles. The minimum Gasteiger partial charge on any atom is -0.340 e. The number of hydrogen-bond donors (Lipinski definition) is 0. The maximum absolute atomic E-state index is 14.7. The van der Waals surface area contributed by atoms with Gasteiger partial charge in [-0.2, -0.15) is 5.10 Å². The number of halogens is 1. The molecule has 132 valence electrons. The lowest BCUT2D eigenvalue weighted by atomic mass is 10.2. The first kappa shape index (κ1) is 17.1. The van der Waals surface area contributed by atoms with Crippen LogP contribution in [0.5, 0.6) is 0 Å². The van der Waals surface area contributed by atoms with E-state index in [4.69, 9.17) is 0 Å². The summed E-state index contributed by atoms with van der Waals surface area (Å²) in [5.74, 6) is 0.0272. The van der Waals surface area contributed by atoms with E-state index in [2.05, 4.69) is 15.1 Å². The van der Waals surface area contributed by atoms with Crippen molar-refractivity contribution in [3.8, 4) is 11.3 Å². The molecule has 0 bridgehead atoms. The normalized spacial score (nSPS) is 11.2. The summed E-state index contributed by atoms with van der Waals surface area (Å²) in [5.41, 5.74) is 1.04. The van der Waals surface area contributed by atoms with Gasteiger partial charge >= 0.3 is 5.56 Å². The minimum absolute atomic E-state index is 0.0272. The maximum atomic E-state index is 14.7. The van der Waals surface area contributed by atoms with Crippen LogP contribution in [0.4, 0.5) is 10.4 Å². The van der Waals surface area contributed by atoms with Crippen molar-refractivity contribution in [2.75, 3.05) is 18.0 Å². The van der Waals surface area contributed by atoms with Crippen LogP contribution in [0.1, 0.15) is 26.7 Å². The van der Waals surface area contributed by atoms with Crippen molar-refractivity contribution in [1.82, 2.24) is 24.5 Å². The third kappa shape index (κ3) is 2.99. The van der Waals surface area contributed by atoms with Gasteiger partial charge in [0.1, 0.15) is 11.2 Å². The summed E-state index contributed by atoms with van der Waals surface area (Å²) in [6.07, 6.45) is 4.97. The second-order valence-corrected chi connectivity index (χ2v) is 5.90. The molecule has 0 fully saturated rings. The fourth-order valence-corrected chi connectivity index (χ4v) is 2.93. The first-order chi connectivity index (χ1) is 12.1. The Hall–Kier alpha value is -2.77. The number of pyridine rings is 1. The quantitative estimate of drug-likeness (QED) is 0.687. The topological polar surface area (TPSA) is 68.8 Å². The van der Waals surface area contributed by atoms with Crippen molar-refractivity contribution in [1.29, 1.82) is 0 Å². The molecule has 0 spiro atoms. The van der Waals surface area contributed by atoms with E-state index in [1.165, 1.54) is 4.68 Å². The number of hydrogen-bond acceptors (Lipinski definition) is 5. The summed E-state index contributed by atoms with van der Waals surface area (Å²) >= 11 is 0. The lowest BCUT2D eigenvalue weighted by molar-refractivity contribution is 0.348. The van der Waals surface area contributed by atoms with E-state index in [0.29, 0.717) is 24.3 Å². The van der Waals surface area contributed by atoms with Crippen molar-refractivity contribution in [2.45, 2.75) is 26.7 Å². The Morgan fingerprint density at radius 3 is 2.56 bits per heavy atom. The van der Waals surface area contributed by atoms with Gasteiger partial charge in [0, 0.05) is 38.1 Å². The van der Waals surface area contributed by atoms with Gasteiger partial charge in [-0.1, -0.05) is 18.3 Å². The van der Waals surface area contributed by atoms with Crippen LogP contribution in [0.25, 0.3) is 22.3 Å². The van der Waals surface area contributed by atoms with Crippen molar-refractivity contribution in [2.24, 2.45) is 7.05 Å². The van der Waals surface area contributed by atoms with Crippen molar-refractivity contribution in [3.63, 3.8) is 0 Å². The van der Waals surface area contributed by atoms with Gasteiger partial charge in [-0.15, -0.1) is 4.79 Å². The molecule has 3 aromatic rings. The van der Waals surface area contributed by atoms with Gasteiger partial charge in [0.05, 0.1) is 0 Å². The molecule has 0 aliphatic rings. The average molecular weight is 344 g/mol. The van der Waals surface area contributed by atoms with Crippen molar-refractivity contribution < 1.29 is 4.48 Å². The van der Waals surface area contributed by atoms with Crippen LogP contribution in [0.2, 0.25) is 0 Å². The Kier molecular flexibility index (Phi) is 4.78. The molecule has 8 heteroatoms. The third-order valence-corrected chi connectivity index (χ3v) is 4.00. The fourth-order valence-electron chi connectivity index (χ4n) is 2.93. The standard InChI is InChI=1S/C17H21FN6O/c1-4-9-23(10-5-2)17-20-14-13(12-7-6-8-19-11-12)21-22(3)15(14)16(25)24(17)18/h6-8,11H,4-5,9-10H2,1-3H3. The van der Waals surface area contributed by atoms with Crippen molar-refractivity contribution in [3.05, 3.63) is 34.9 Å². The zero-order valence-electron chi connectivity index (χ0n) is 14.6. The van der Waals surface area contributed by atoms with E-state index in [0.717, 1.165) is 18.4 Å². The molecular weight excluding hydrogens is 323 g/mol. The zero-order chi connectivity index (χ0) is 18.0. The molecule has 3 aromatic heterocycles. The van der Waals surface area contributed by atoms with Crippen LogP contribution in [-0.2, 0) is 7.05 Å². The summed E-state index contributed by atoms with van der Waals surface area (Å²) in [6, 6.07) is 3.63. The average Bonchev–Trinajstić information content (AvgIpc) is 2.95. The summed E-state index contributed by atoms with van der Waals surface area (Å²) in [4.78, 5) is 23.1. The van der Waals surface area contributed by atoms with E-state index in [9.17, 15) is 9.28 Å². The Bertz CT molecular complexity index is 928. The van der Waals surface area contributed by atoms with Crippen molar-refractivity contribution >= 4 is 17.0 Å². The summed E-state index contributed by atoms with van der Waals surface area (Å²) in [6.45, 7) is 5.26. The van der Waals surface area contributed by atoms with Crippen LogP contribution in [0, 0.1) is 0 Å². The Morgan fingerprint density at radius 2 is 1.96 bits per heavy atom. The van der Waals surface area contributed by atoms with Crippen LogP contribution >= 0.6 is 0 Å². The number of aromatic nitrogens is 5. The van der Waals surface area contributed by atoms with Crippen LogP contribution in [0.15, 0.2) is 29.3 Å². The van der Waals surface area contributed by atoms with Gasteiger partial charge in [-0.05, 0) is 25.0 Å². The smallest absolute Gasteiger partial charge is 0.309 e. The van der Waals surface area contributed by atoms with Crippen LogP contribution < -0.4 is 10.5 Å². The molecule has 7 nitrogen and oxygen atoms in total. The summed E-state index contributed by atoms with van der Waals surface area (Å²) < 4.78 is 16.0. The predicted octanol–water partition coefficient (Wildman–Crippen LogP) is 2.55. The number of fused-ring (bicyclic) bond motifs is 1. The number of nitrogens with zero attached hydrogens (tertiary/aromatic N) is 6. The Balaban J connectivity index is 2.27. The highest BCUT2D eigenvalue weighted by atomic mass is 19.2. The van der Waals surface area contributed by atoms with E-state index in [-0.39, 0.29) is 16.3 Å². The molecule has 0 saturated heterocycles. The molecule has 0 amide bonds. The highest BCUT2D eigenvalue weighted by Gasteiger charge is 2.22. The first-order valence-electron chi connectivity index (χ1n) is 8.39. The highest BCUT2D eigenvalue weighted by Crippen LogP contribution is 2.26. The van der Waals surface area contributed by atoms with Gasteiger partial charge in [-0.25, -0.2) is 4.98 Å². The molecule has 0 N–H and O–H groups in total. The Morgan fingerprint density at radius 1 is 1.24 bits per heavy atom. The number of aryl methyl sites for hydroxylation is 1. The number of anilines is 1. The fraction of sp³-hybridized carbons (Fsp3) is 0.412. The van der Waals surface area contributed by atoms with E-state index in [1.807, 2.05) is 19.9 Å². The molecule has 0 aliphatic carbocycles. The maximum Gasteiger partial charge on any atom is 0.309 e. The first-order valence-corrected chi connectivity index (χ1v) is 8.39. The molecule has 0 unspecified atom stereocenters. The zero-order valence-corrected chi connectivity index (χ0v) is 14.6. The molecule has 0 saturated carbocycles. The van der Waals surface area contributed by atoms with Crippen LogP contribution in [-0.4, -0.2) is 37.6 Å². The second kappa shape index (κ2) is 7.00. The SMILES string of the molecule is CCCN(CCC)c1nc2c(-c3cccnc3)nn(C)c2c(=O)n1F. The van der Waals surface area contributed by atoms with E-state index >= 15 is 0 Å². The molecule has 3 heterocycles. The highest BCUT2D eigenvalue weighted by molar-refractivity contribution is 5.90. The molecule has 0 atom stereocenters. The molecular formula is C17H21FN6O. The molecule has 0 radical (unpaired) electrons. The van der Waals surface area contributed by atoms with E-state index in [1.54, 1.807) is 30.4 Å².